The Hall–Kier alpha value is -3.09. The van der Waals surface area contributed by atoms with Gasteiger partial charge in [0.1, 0.15) is 5.76 Å². The molecule has 7 nitrogen and oxygen atoms in total. The van der Waals surface area contributed by atoms with Crippen molar-refractivity contribution in [1.29, 1.82) is 0 Å². The monoisotopic (exact) mass is 337 g/mol. The van der Waals surface area contributed by atoms with Crippen molar-refractivity contribution in [2.24, 2.45) is 0 Å². The van der Waals surface area contributed by atoms with Crippen molar-refractivity contribution in [2.45, 2.75) is 34.2 Å². The lowest BCUT2D eigenvalue weighted by Crippen LogP contribution is -2.01. The summed E-state index contributed by atoms with van der Waals surface area (Å²) in [4.78, 5) is 17.7. The van der Waals surface area contributed by atoms with Crippen LogP contribution in [0, 0.1) is 20.8 Å². The minimum absolute atomic E-state index is 0.229. The minimum atomic E-state index is -0.229. The molecule has 3 aromatic heterocycles. The molecule has 4 rings (SSSR count). The van der Waals surface area contributed by atoms with Gasteiger partial charge in [0.2, 0.25) is 0 Å². The van der Waals surface area contributed by atoms with Crippen LogP contribution in [0.15, 0.2) is 27.6 Å². The van der Waals surface area contributed by atoms with Crippen LogP contribution in [0.3, 0.4) is 0 Å². The van der Waals surface area contributed by atoms with Crippen molar-refractivity contribution >= 4 is 11.0 Å². The van der Waals surface area contributed by atoms with Gasteiger partial charge in [-0.15, -0.1) is 0 Å². The Balaban J connectivity index is 2.10. The summed E-state index contributed by atoms with van der Waals surface area (Å²) in [6.07, 6.45) is 1.85. The standard InChI is InChI=1S/C18H19N5O2/c1-5-23-17(9(2)8-19-23)13-6-12(15-10(3)22-25-11(15)4)7-14-16(13)21-18(24)20-14/h6-8H,5H2,1-4H3,(H2,20,21,24). The Morgan fingerprint density at radius 1 is 1.20 bits per heavy atom. The van der Waals surface area contributed by atoms with E-state index < -0.39 is 0 Å². The lowest BCUT2D eigenvalue weighted by Gasteiger charge is -2.10. The molecule has 1 aromatic carbocycles. The second kappa shape index (κ2) is 5.47. The third-order valence-corrected chi connectivity index (χ3v) is 4.52. The summed E-state index contributed by atoms with van der Waals surface area (Å²) in [5.74, 6) is 0.751. The highest BCUT2D eigenvalue weighted by atomic mass is 16.5. The zero-order chi connectivity index (χ0) is 17.7. The van der Waals surface area contributed by atoms with Crippen LogP contribution in [-0.2, 0) is 6.54 Å². The molecule has 7 heteroatoms. The quantitative estimate of drug-likeness (QED) is 0.600. The van der Waals surface area contributed by atoms with Crippen molar-refractivity contribution in [2.75, 3.05) is 0 Å². The van der Waals surface area contributed by atoms with Crippen molar-refractivity contribution in [3.8, 4) is 22.4 Å². The van der Waals surface area contributed by atoms with E-state index in [0.29, 0.717) is 0 Å². The Bertz CT molecular complexity index is 1120. The molecule has 25 heavy (non-hydrogen) atoms. The Kier molecular flexibility index (Phi) is 3.38. The van der Waals surface area contributed by atoms with Gasteiger partial charge in [0.05, 0.1) is 28.6 Å². The van der Waals surface area contributed by atoms with E-state index in [1.807, 2.05) is 44.6 Å². The number of nitrogens with zero attached hydrogens (tertiary/aromatic N) is 3. The Morgan fingerprint density at radius 2 is 2.00 bits per heavy atom. The predicted octanol–water partition coefficient (Wildman–Crippen LogP) is 3.32. The van der Waals surface area contributed by atoms with Crippen molar-refractivity contribution in [1.82, 2.24) is 24.9 Å². The first-order valence-electron chi connectivity index (χ1n) is 8.21. The van der Waals surface area contributed by atoms with E-state index in [2.05, 4.69) is 26.3 Å². The molecule has 0 spiro atoms. The Morgan fingerprint density at radius 3 is 2.68 bits per heavy atom. The van der Waals surface area contributed by atoms with E-state index in [1.54, 1.807) is 0 Å². The van der Waals surface area contributed by atoms with Gasteiger partial charge < -0.3 is 14.5 Å². The number of aromatic amines is 2. The maximum absolute atomic E-state index is 11.9. The molecule has 0 bridgehead atoms. The number of imidazole rings is 1. The maximum atomic E-state index is 11.9. The first kappa shape index (κ1) is 15.4. The number of hydrogen-bond donors (Lipinski definition) is 2. The molecule has 0 aliphatic heterocycles. The first-order chi connectivity index (χ1) is 12.0. The summed E-state index contributed by atoms with van der Waals surface area (Å²) < 4.78 is 7.26. The summed E-state index contributed by atoms with van der Waals surface area (Å²) >= 11 is 0. The van der Waals surface area contributed by atoms with Gasteiger partial charge in [-0.2, -0.15) is 5.10 Å². The Labute approximate surface area is 143 Å². The topological polar surface area (TPSA) is 92.5 Å². The number of aromatic nitrogens is 5. The number of fused-ring (bicyclic) bond motifs is 1. The molecule has 0 aliphatic rings. The smallest absolute Gasteiger partial charge is 0.323 e. The molecular weight excluding hydrogens is 318 g/mol. The van der Waals surface area contributed by atoms with Crippen molar-refractivity contribution < 1.29 is 4.52 Å². The number of rotatable bonds is 3. The maximum Gasteiger partial charge on any atom is 0.323 e. The van der Waals surface area contributed by atoms with E-state index in [-0.39, 0.29) is 5.69 Å². The molecule has 2 N–H and O–H groups in total. The molecule has 128 valence electrons. The SMILES string of the molecule is CCn1ncc(C)c1-c1cc(-c2c(C)noc2C)cc2[nH]c(=O)[nH]c12. The summed E-state index contributed by atoms with van der Waals surface area (Å²) in [6.45, 7) is 8.62. The molecule has 0 unspecified atom stereocenters. The van der Waals surface area contributed by atoms with E-state index in [0.717, 1.165) is 57.0 Å². The minimum Gasteiger partial charge on any atom is -0.361 e. The molecule has 0 atom stereocenters. The van der Waals surface area contributed by atoms with Gasteiger partial charge in [0.15, 0.2) is 0 Å². The van der Waals surface area contributed by atoms with Crippen LogP contribution in [0.4, 0.5) is 0 Å². The highest BCUT2D eigenvalue weighted by molar-refractivity contribution is 5.96. The first-order valence-corrected chi connectivity index (χ1v) is 8.21. The number of hydrogen-bond acceptors (Lipinski definition) is 4. The van der Waals surface area contributed by atoms with Crippen LogP contribution < -0.4 is 5.69 Å². The fraction of sp³-hybridized carbons (Fsp3) is 0.278. The molecule has 0 radical (unpaired) electrons. The van der Waals surface area contributed by atoms with Gasteiger partial charge in [-0.05, 0) is 51.0 Å². The van der Waals surface area contributed by atoms with Crippen LogP contribution in [0.1, 0.15) is 23.9 Å². The normalized spacial score (nSPS) is 11.5. The summed E-state index contributed by atoms with van der Waals surface area (Å²) in [5, 5.41) is 8.48. The molecule has 0 fully saturated rings. The third kappa shape index (κ3) is 2.31. The summed E-state index contributed by atoms with van der Waals surface area (Å²) in [7, 11) is 0. The lowest BCUT2D eigenvalue weighted by molar-refractivity contribution is 0.393. The van der Waals surface area contributed by atoms with Gasteiger partial charge in [0, 0.05) is 17.7 Å². The molecule has 0 saturated heterocycles. The van der Waals surface area contributed by atoms with Crippen LogP contribution in [-0.4, -0.2) is 24.9 Å². The summed E-state index contributed by atoms with van der Waals surface area (Å²) in [6, 6.07) is 4.01. The summed E-state index contributed by atoms with van der Waals surface area (Å²) in [5.41, 5.74) is 7.01. The van der Waals surface area contributed by atoms with Crippen molar-refractivity contribution in [3.63, 3.8) is 0 Å². The number of nitrogens with one attached hydrogen (secondary N) is 2. The largest absolute Gasteiger partial charge is 0.361 e. The van der Waals surface area contributed by atoms with Gasteiger partial charge >= 0.3 is 5.69 Å². The van der Waals surface area contributed by atoms with Crippen LogP contribution in [0.25, 0.3) is 33.4 Å². The third-order valence-electron chi connectivity index (χ3n) is 4.52. The van der Waals surface area contributed by atoms with E-state index in [9.17, 15) is 4.79 Å². The van der Waals surface area contributed by atoms with Crippen LogP contribution in [0.2, 0.25) is 0 Å². The zero-order valence-corrected chi connectivity index (χ0v) is 14.6. The van der Waals surface area contributed by atoms with E-state index in [4.69, 9.17) is 4.52 Å². The number of aryl methyl sites for hydroxylation is 4. The van der Waals surface area contributed by atoms with Crippen LogP contribution >= 0.6 is 0 Å². The van der Waals surface area contributed by atoms with Crippen LogP contribution in [0.5, 0.6) is 0 Å². The highest BCUT2D eigenvalue weighted by Gasteiger charge is 2.19. The van der Waals surface area contributed by atoms with E-state index >= 15 is 0 Å². The van der Waals surface area contributed by atoms with E-state index in [1.165, 1.54) is 0 Å². The average Bonchev–Trinajstić information content (AvgIpc) is 3.23. The molecular formula is C18H19N5O2. The fourth-order valence-corrected chi connectivity index (χ4v) is 3.44. The molecule has 0 saturated carbocycles. The second-order valence-corrected chi connectivity index (χ2v) is 6.22. The second-order valence-electron chi connectivity index (χ2n) is 6.22. The lowest BCUT2D eigenvalue weighted by atomic mass is 9.98. The molecule has 3 heterocycles. The fourth-order valence-electron chi connectivity index (χ4n) is 3.44. The van der Waals surface area contributed by atoms with Gasteiger partial charge in [-0.25, -0.2) is 4.79 Å². The zero-order valence-electron chi connectivity index (χ0n) is 14.6. The average molecular weight is 337 g/mol. The van der Waals surface area contributed by atoms with Crippen molar-refractivity contribution in [3.05, 3.63) is 45.8 Å². The highest BCUT2D eigenvalue weighted by Crippen LogP contribution is 2.35. The molecule has 0 amide bonds. The van der Waals surface area contributed by atoms with Gasteiger partial charge in [0.25, 0.3) is 0 Å². The number of H-pyrrole nitrogens is 2. The predicted molar refractivity (Wildman–Crippen MR) is 95.5 cm³/mol. The molecule has 0 aliphatic carbocycles. The molecule has 4 aromatic rings. The number of benzene rings is 1. The van der Waals surface area contributed by atoms with Gasteiger partial charge in [-0.1, -0.05) is 5.16 Å². The van der Waals surface area contributed by atoms with Gasteiger partial charge in [-0.3, -0.25) is 4.68 Å².